The molecule has 0 spiro atoms. The predicted molar refractivity (Wildman–Crippen MR) is 92.7 cm³/mol. The number of para-hydroxylation sites is 1. The Morgan fingerprint density at radius 2 is 2.04 bits per heavy atom. The van der Waals surface area contributed by atoms with E-state index in [1.807, 2.05) is 24.3 Å². The number of hydrogen-bond donors (Lipinski definition) is 1. The number of ether oxygens (including phenoxy) is 1. The highest BCUT2D eigenvalue weighted by Gasteiger charge is 2.12. The zero-order valence-electron chi connectivity index (χ0n) is 14.2. The van der Waals surface area contributed by atoms with Gasteiger partial charge in [0.2, 0.25) is 0 Å². The van der Waals surface area contributed by atoms with Crippen molar-refractivity contribution >= 4 is 0 Å². The maximum atomic E-state index is 13.3. The summed E-state index contributed by atoms with van der Waals surface area (Å²) in [6.45, 7) is 2.55. The second-order valence-electron chi connectivity index (χ2n) is 5.82. The molecule has 0 saturated carbocycles. The van der Waals surface area contributed by atoms with E-state index >= 15 is 0 Å². The number of aromatic nitrogens is 2. The summed E-state index contributed by atoms with van der Waals surface area (Å²) in [6, 6.07) is 14.2. The van der Waals surface area contributed by atoms with E-state index in [1.54, 1.807) is 19.2 Å². The van der Waals surface area contributed by atoms with Crippen molar-refractivity contribution in [3.8, 4) is 17.2 Å². The number of nitrogens with one attached hydrogen (secondary N) is 1. The first-order valence-electron chi connectivity index (χ1n) is 8.09. The van der Waals surface area contributed by atoms with E-state index in [-0.39, 0.29) is 11.9 Å². The Morgan fingerprint density at radius 3 is 2.84 bits per heavy atom. The summed E-state index contributed by atoms with van der Waals surface area (Å²) in [5, 5.41) is 7.30. The van der Waals surface area contributed by atoms with Crippen molar-refractivity contribution in [2.45, 2.75) is 25.9 Å². The second-order valence-corrected chi connectivity index (χ2v) is 5.82. The van der Waals surface area contributed by atoms with E-state index < -0.39 is 0 Å². The average molecular weight is 341 g/mol. The minimum atomic E-state index is -0.333. The van der Waals surface area contributed by atoms with Crippen molar-refractivity contribution in [1.29, 1.82) is 0 Å². The summed E-state index contributed by atoms with van der Waals surface area (Å²) >= 11 is 0. The topological polar surface area (TPSA) is 60.2 Å². The molecule has 1 N–H and O–H groups in total. The SMILES string of the molecule is COc1ccccc1CC(C)NCc1noc(-c2cccc(F)c2)n1. The predicted octanol–water partition coefficient (Wildman–Crippen LogP) is 3.61. The molecule has 0 amide bonds. The van der Waals surface area contributed by atoms with Gasteiger partial charge in [0.05, 0.1) is 13.7 Å². The summed E-state index contributed by atoms with van der Waals surface area (Å²) < 4.78 is 23.8. The summed E-state index contributed by atoms with van der Waals surface area (Å²) in [6.07, 6.45) is 0.818. The van der Waals surface area contributed by atoms with E-state index in [4.69, 9.17) is 9.26 Å². The monoisotopic (exact) mass is 341 g/mol. The number of halogens is 1. The number of nitrogens with zero attached hydrogens (tertiary/aromatic N) is 2. The number of benzene rings is 2. The minimum Gasteiger partial charge on any atom is -0.496 e. The first kappa shape index (κ1) is 17.1. The maximum Gasteiger partial charge on any atom is 0.258 e. The lowest BCUT2D eigenvalue weighted by molar-refractivity contribution is 0.403. The largest absolute Gasteiger partial charge is 0.496 e. The van der Waals surface area contributed by atoms with Gasteiger partial charge in [0, 0.05) is 11.6 Å². The lowest BCUT2D eigenvalue weighted by Crippen LogP contribution is -2.28. The van der Waals surface area contributed by atoms with Crippen LogP contribution in [0.3, 0.4) is 0 Å². The smallest absolute Gasteiger partial charge is 0.258 e. The van der Waals surface area contributed by atoms with Crippen LogP contribution in [0, 0.1) is 5.82 Å². The van der Waals surface area contributed by atoms with Crippen LogP contribution < -0.4 is 10.1 Å². The molecule has 0 aliphatic carbocycles. The molecular weight excluding hydrogens is 321 g/mol. The van der Waals surface area contributed by atoms with Gasteiger partial charge in [0.1, 0.15) is 11.6 Å². The van der Waals surface area contributed by atoms with Gasteiger partial charge in [-0.3, -0.25) is 0 Å². The second kappa shape index (κ2) is 7.90. The Bertz CT molecular complexity index is 835. The fourth-order valence-corrected chi connectivity index (χ4v) is 2.60. The Labute approximate surface area is 145 Å². The van der Waals surface area contributed by atoms with Crippen LogP contribution in [0.15, 0.2) is 53.1 Å². The van der Waals surface area contributed by atoms with Gasteiger partial charge in [-0.25, -0.2) is 4.39 Å². The van der Waals surface area contributed by atoms with Gasteiger partial charge >= 0.3 is 0 Å². The summed E-state index contributed by atoms with van der Waals surface area (Å²) in [5.74, 6) is 1.39. The molecule has 130 valence electrons. The summed E-state index contributed by atoms with van der Waals surface area (Å²) in [4.78, 5) is 4.30. The normalized spacial score (nSPS) is 12.1. The first-order valence-corrected chi connectivity index (χ1v) is 8.09. The molecule has 0 fully saturated rings. The minimum absolute atomic E-state index is 0.201. The Morgan fingerprint density at radius 1 is 1.20 bits per heavy atom. The molecule has 3 rings (SSSR count). The van der Waals surface area contributed by atoms with Gasteiger partial charge in [-0.05, 0) is 43.2 Å². The van der Waals surface area contributed by atoms with Crippen molar-refractivity contribution in [1.82, 2.24) is 15.5 Å². The Kier molecular flexibility index (Phi) is 5.40. The van der Waals surface area contributed by atoms with Crippen molar-refractivity contribution in [2.24, 2.45) is 0 Å². The van der Waals surface area contributed by atoms with E-state index in [9.17, 15) is 4.39 Å². The highest BCUT2D eigenvalue weighted by Crippen LogP contribution is 2.20. The molecule has 1 heterocycles. The van der Waals surface area contributed by atoms with Crippen LogP contribution in [0.4, 0.5) is 4.39 Å². The van der Waals surface area contributed by atoms with Crippen molar-refractivity contribution in [2.75, 3.05) is 7.11 Å². The fourth-order valence-electron chi connectivity index (χ4n) is 2.60. The highest BCUT2D eigenvalue weighted by atomic mass is 19.1. The molecular formula is C19H20FN3O2. The molecule has 0 bridgehead atoms. The van der Waals surface area contributed by atoms with Crippen LogP contribution in [0.25, 0.3) is 11.5 Å². The van der Waals surface area contributed by atoms with Gasteiger partial charge in [0.25, 0.3) is 5.89 Å². The summed E-state index contributed by atoms with van der Waals surface area (Å²) in [5.41, 5.74) is 1.71. The molecule has 1 aromatic heterocycles. The van der Waals surface area contributed by atoms with Crippen molar-refractivity contribution in [3.63, 3.8) is 0 Å². The van der Waals surface area contributed by atoms with E-state index in [2.05, 4.69) is 22.4 Å². The molecule has 0 saturated heterocycles. The first-order chi connectivity index (χ1) is 12.2. The molecule has 6 heteroatoms. The van der Waals surface area contributed by atoms with Crippen LogP contribution in [-0.4, -0.2) is 23.3 Å². The van der Waals surface area contributed by atoms with E-state index in [1.165, 1.54) is 12.1 Å². The molecule has 25 heavy (non-hydrogen) atoms. The Hall–Kier alpha value is -2.73. The van der Waals surface area contributed by atoms with Crippen LogP contribution in [0.5, 0.6) is 5.75 Å². The number of methoxy groups -OCH3 is 1. The average Bonchev–Trinajstić information content (AvgIpc) is 3.09. The lowest BCUT2D eigenvalue weighted by atomic mass is 10.1. The maximum absolute atomic E-state index is 13.3. The van der Waals surface area contributed by atoms with Crippen molar-refractivity contribution in [3.05, 3.63) is 65.7 Å². The quantitative estimate of drug-likeness (QED) is 0.711. The van der Waals surface area contributed by atoms with Crippen LogP contribution >= 0.6 is 0 Å². The molecule has 5 nitrogen and oxygen atoms in total. The van der Waals surface area contributed by atoms with Gasteiger partial charge in [-0.15, -0.1) is 0 Å². The van der Waals surface area contributed by atoms with Crippen molar-refractivity contribution < 1.29 is 13.7 Å². The van der Waals surface area contributed by atoms with Crippen LogP contribution in [0.1, 0.15) is 18.3 Å². The highest BCUT2D eigenvalue weighted by molar-refractivity contribution is 5.52. The number of hydrogen-bond acceptors (Lipinski definition) is 5. The third kappa shape index (κ3) is 4.42. The molecule has 1 atom stereocenters. The van der Waals surface area contributed by atoms with Gasteiger partial charge in [0.15, 0.2) is 5.82 Å². The van der Waals surface area contributed by atoms with Gasteiger partial charge < -0.3 is 14.6 Å². The van der Waals surface area contributed by atoms with E-state index in [0.29, 0.717) is 23.8 Å². The van der Waals surface area contributed by atoms with Crippen LogP contribution in [-0.2, 0) is 13.0 Å². The van der Waals surface area contributed by atoms with Crippen LogP contribution in [0.2, 0.25) is 0 Å². The third-order valence-electron chi connectivity index (χ3n) is 3.87. The summed E-state index contributed by atoms with van der Waals surface area (Å²) in [7, 11) is 1.67. The van der Waals surface area contributed by atoms with Gasteiger partial charge in [-0.2, -0.15) is 4.98 Å². The lowest BCUT2D eigenvalue weighted by Gasteiger charge is -2.14. The molecule has 0 aliphatic rings. The van der Waals surface area contributed by atoms with Gasteiger partial charge in [-0.1, -0.05) is 29.4 Å². The zero-order chi connectivity index (χ0) is 17.6. The third-order valence-corrected chi connectivity index (χ3v) is 3.87. The molecule has 3 aromatic rings. The zero-order valence-corrected chi connectivity index (χ0v) is 14.2. The molecule has 0 aliphatic heterocycles. The van der Waals surface area contributed by atoms with E-state index in [0.717, 1.165) is 17.7 Å². The number of rotatable bonds is 7. The molecule has 2 aromatic carbocycles. The Balaban J connectivity index is 1.58. The fraction of sp³-hybridized carbons (Fsp3) is 0.263. The standard InChI is InChI=1S/C19H20FN3O2/c1-13(10-14-6-3-4-9-17(14)24-2)21-12-18-22-19(25-23-18)15-7-5-8-16(20)11-15/h3-9,11,13,21H,10,12H2,1-2H3. The molecule has 1 unspecified atom stereocenters. The molecule has 0 radical (unpaired) electrons.